The van der Waals surface area contributed by atoms with E-state index in [9.17, 15) is 18.0 Å². The van der Waals surface area contributed by atoms with Crippen molar-refractivity contribution in [2.75, 3.05) is 0 Å². The smallest absolute Gasteiger partial charge is 0.433 e. The van der Waals surface area contributed by atoms with Gasteiger partial charge in [-0.3, -0.25) is 4.98 Å². The number of nitrogens with zero attached hydrogens (tertiary/aromatic N) is 2. The third-order valence-electron chi connectivity index (χ3n) is 2.19. The van der Waals surface area contributed by atoms with Gasteiger partial charge >= 0.3 is 12.3 Å². The SMILES string of the molecule is C/C(=N/NC(=O)OC(C)(C)C)c1ccc(C(F)(F)F)nc1. The highest BCUT2D eigenvalue weighted by Gasteiger charge is 2.32. The summed E-state index contributed by atoms with van der Waals surface area (Å²) in [5, 5.41) is 3.74. The number of hydrogen-bond acceptors (Lipinski definition) is 4. The zero-order valence-electron chi connectivity index (χ0n) is 12.1. The standard InChI is InChI=1S/C13H16F3N3O2/c1-8(18-19-11(20)21-12(2,3)4)9-5-6-10(17-7-9)13(14,15)16/h5-7H,1-4H3,(H,19,20)/b18-8-. The maximum atomic E-state index is 12.4. The summed E-state index contributed by atoms with van der Waals surface area (Å²) in [5.41, 5.74) is 1.18. The van der Waals surface area contributed by atoms with Crippen molar-refractivity contribution in [1.29, 1.82) is 0 Å². The summed E-state index contributed by atoms with van der Waals surface area (Å²) in [6, 6.07) is 2.08. The quantitative estimate of drug-likeness (QED) is 0.673. The van der Waals surface area contributed by atoms with Gasteiger partial charge in [0.1, 0.15) is 11.3 Å². The van der Waals surface area contributed by atoms with Gasteiger partial charge in [-0.25, -0.2) is 10.2 Å². The zero-order chi connectivity index (χ0) is 16.3. The van der Waals surface area contributed by atoms with Crippen molar-refractivity contribution < 1.29 is 22.7 Å². The van der Waals surface area contributed by atoms with Crippen LogP contribution in [0.15, 0.2) is 23.4 Å². The molecule has 1 aromatic heterocycles. The Hall–Kier alpha value is -2.12. The lowest BCUT2D eigenvalue weighted by molar-refractivity contribution is -0.141. The highest BCUT2D eigenvalue weighted by molar-refractivity contribution is 5.98. The molecule has 0 atom stereocenters. The molecule has 1 N–H and O–H groups in total. The minimum absolute atomic E-state index is 0.307. The number of rotatable bonds is 2. The summed E-state index contributed by atoms with van der Waals surface area (Å²) in [5.74, 6) is 0. The van der Waals surface area contributed by atoms with Gasteiger partial charge in [0, 0.05) is 11.8 Å². The molecule has 0 saturated carbocycles. The number of pyridine rings is 1. The second-order valence-electron chi connectivity index (χ2n) is 5.24. The van der Waals surface area contributed by atoms with Gasteiger partial charge < -0.3 is 4.74 Å². The minimum Gasteiger partial charge on any atom is -0.443 e. The van der Waals surface area contributed by atoms with Crippen molar-refractivity contribution in [2.24, 2.45) is 5.10 Å². The minimum atomic E-state index is -4.49. The molecule has 0 unspecified atom stereocenters. The van der Waals surface area contributed by atoms with E-state index in [0.717, 1.165) is 12.3 Å². The number of carbonyl (C=O) groups is 1. The van der Waals surface area contributed by atoms with Gasteiger partial charge in [0.25, 0.3) is 0 Å². The molecular weight excluding hydrogens is 287 g/mol. The average molecular weight is 303 g/mol. The molecule has 0 fully saturated rings. The number of aromatic nitrogens is 1. The number of amides is 1. The van der Waals surface area contributed by atoms with Crippen LogP contribution in [0.4, 0.5) is 18.0 Å². The van der Waals surface area contributed by atoms with Crippen molar-refractivity contribution in [2.45, 2.75) is 39.5 Å². The third-order valence-corrected chi connectivity index (χ3v) is 2.19. The predicted octanol–water partition coefficient (Wildman–Crippen LogP) is 3.35. The Bertz CT molecular complexity index is 531. The molecule has 0 aliphatic heterocycles. The Morgan fingerprint density at radius 3 is 2.33 bits per heavy atom. The van der Waals surface area contributed by atoms with Crippen LogP contribution < -0.4 is 5.43 Å². The molecule has 0 aliphatic rings. The Morgan fingerprint density at radius 2 is 1.90 bits per heavy atom. The lowest BCUT2D eigenvalue weighted by Crippen LogP contribution is -2.30. The Labute approximate surface area is 120 Å². The van der Waals surface area contributed by atoms with Crippen LogP contribution in [0.2, 0.25) is 0 Å². The maximum absolute atomic E-state index is 12.4. The lowest BCUT2D eigenvalue weighted by Gasteiger charge is -2.18. The molecule has 0 saturated heterocycles. The van der Waals surface area contributed by atoms with E-state index >= 15 is 0 Å². The fraction of sp³-hybridized carbons (Fsp3) is 0.462. The second kappa shape index (κ2) is 6.11. The fourth-order valence-corrected chi connectivity index (χ4v) is 1.27. The Balaban J connectivity index is 2.73. The molecule has 0 aliphatic carbocycles. The van der Waals surface area contributed by atoms with E-state index in [0.29, 0.717) is 11.3 Å². The molecule has 8 heteroatoms. The van der Waals surface area contributed by atoms with Crippen molar-refractivity contribution in [3.8, 4) is 0 Å². The van der Waals surface area contributed by atoms with E-state index in [4.69, 9.17) is 4.74 Å². The monoisotopic (exact) mass is 303 g/mol. The number of carbonyl (C=O) groups excluding carboxylic acids is 1. The maximum Gasteiger partial charge on any atom is 0.433 e. The van der Waals surface area contributed by atoms with E-state index in [1.54, 1.807) is 20.8 Å². The first-order valence-electron chi connectivity index (χ1n) is 6.06. The summed E-state index contributed by atoms with van der Waals surface area (Å²) >= 11 is 0. The Morgan fingerprint density at radius 1 is 1.29 bits per heavy atom. The number of nitrogens with one attached hydrogen (secondary N) is 1. The van der Waals surface area contributed by atoms with Crippen LogP contribution in [0.25, 0.3) is 0 Å². The second-order valence-corrected chi connectivity index (χ2v) is 5.24. The van der Waals surface area contributed by atoms with Crippen molar-refractivity contribution >= 4 is 11.8 Å². The highest BCUT2D eigenvalue weighted by atomic mass is 19.4. The molecule has 1 rings (SSSR count). The molecule has 116 valence electrons. The first kappa shape index (κ1) is 16.9. The van der Waals surface area contributed by atoms with E-state index in [2.05, 4.69) is 15.5 Å². The summed E-state index contributed by atoms with van der Waals surface area (Å²) in [7, 11) is 0. The van der Waals surface area contributed by atoms with Gasteiger partial charge in [0.05, 0.1) is 5.71 Å². The van der Waals surface area contributed by atoms with Gasteiger partial charge in [-0.15, -0.1) is 0 Å². The van der Waals surface area contributed by atoms with Crippen LogP contribution in [0.5, 0.6) is 0 Å². The van der Waals surface area contributed by atoms with E-state index in [1.165, 1.54) is 13.0 Å². The van der Waals surface area contributed by atoms with Crippen LogP contribution in [-0.4, -0.2) is 22.4 Å². The number of hydrogen-bond donors (Lipinski definition) is 1. The Kier molecular flexibility index (Phi) is 4.93. The van der Waals surface area contributed by atoms with Gasteiger partial charge in [0.15, 0.2) is 0 Å². The number of alkyl halides is 3. The largest absolute Gasteiger partial charge is 0.443 e. The van der Waals surface area contributed by atoms with E-state index in [-0.39, 0.29) is 0 Å². The van der Waals surface area contributed by atoms with E-state index in [1.807, 2.05) is 0 Å². The van der Waals surface area contributed by atoms with Gasteiger partial charge in [-0.05, 0) is 39.8 Å². The van der Waals surface area contributed by atoms with Gasteiger partial charge in [-0.1, -0.05) is 0 Å². The fourth-order valence-electron chi connectivity index (χ4n) is 1.27. The molecule has 1 aromatic rings. The number of halogens is 3. The number of hydrazone groups is 1. The topological polar surface area (TPSA) is 63.6 Å². The molecule has 1 heterocycles. The highest BCUT2D eigenvalue weighted by Crippen LogP contribution is 2.27. The summed E-state index contributed by atoms with van der Waals surface area (Å²) in [6.07, 6.45) is -4.20. The van der Waals surface area contributed by atoms with Crippen LogP contribution in [-0.2, 0) is 10.9 Å². The van der Waals surface area contributed by atoms with Crippen molar-refractivity contribution in [1.82, 2.24) is 10.4 Å². The molecule has 21 heavy (non-hydrogen) atoms. The molecule has 0 bridgehead atoms. The van der Waals surface area contributed by atoms with Crippen LogP contribution in [0.1, 0.15) is 39.0 Å². The molecule has 0 radical (unpaired) electrons. The van der Waals surface area contributed by atoms with Crippen molar-refractivity contribution in [3.63, 3.8) is 0 Å². The van der Waals surface area contributed by atoms with Crippen LogP contribution >= 0.6 is 0 Å². The van der Waals surface area contributed by atoms with Gasteiger partial charge in [-0.2, -0.15) is 18.3 Å². The molecule has 0 aromatic carbocycles. The molecular formula is C13H16F3N3O2. The first-order chi connectivity index (χ1) is 9.49. The van der Waals surface area contributed by atoms with Crippen LogP contribution in [0, 0.1) is 0 Å². The predicted molar refractivity (Wildman–Crippen MR) is 70.8 cm³/mol. The summed E-state index contributed by atoms with van der Waals surface area (Å²) in [4.78, 5) is 14.7. The third kappa shape index (κ3) is 5.80. The summed E-state index contributed by atoms with van der Waals surface area (Å²) < 4.78 is 42.1. The molecule has 5 nitrogen and oxygen atoms in total. The summed E-state index contributed by atoms with van der Waals surface area (Å²) in [6.45, 7) is 6.62. The molecule has 0 spiro atoms. The van der Waals surface area contributed by atoms with E-state index < -0.39 is 23.6 Å². The zero-order valence-corrected chi connectivity index (χ0v) is 12.1. The van der Waals surface area contributed by atoms with Crippen molar-refractivity contribution in [3.05, 3.63) is 29.6 Å². The van der Waals surface area contributed by atoms with Crippen LogP contribution in [0.3, 0.4) is 0 Å². The normalized spacial score (nSPS) is 13.0. The number of ether oxygens (including phenoxy) is 1. The lowest BCUT2D eigenvalue weighted by atomic mass is 10.2. The first-order valence-corrected chi connectivity index (χ1v) is 6.06. The van der Waals surface area contributed by atoms with Gasteiger partial charge in [0.2, 0.25) is 0 Å². The molecule has 1 amide bonds. The average Bonchev–Trinajstić information content (AvgIpc) is 2.33.